The fraction of sp³-hybridized carbons (Fsp3) is 0. The van der Waals surface area contributed by atoms with Gasteiger partial charge in [-0.15, -0.1) is 21.5 Å². The minimum Gasteiger partial charge on any atom is -0.339 e. The topological polar surface area (TPSA) is 107 Å². The molecular formula is C17H9N7S. The molecule has 118 valence electrons. The number of aromatic nitrogens is 5. The van der Waals surface area contributed by atoms with Crippen molar-refractivity contribution in [1.82, 2.24) is 24.6 Å². The summed E-state index contributed by atoms with van der Waals surface area (Å²) in [6.07, 6.45) is 0. The van der Waals surface area contributed by atoms with Gasteiger partial charge in [-0.2, -0.15) is 5.26 Å². The van der Waals surface area contributed by atoms with E-state index >= 15 is 0 Å². The third kappa shape index (κ3) is 1.84. The van der Waals surface area contributed by atoms with Gasteiger partial charge in [0.2, 0.25) is 0 Å². The van der Waals surface area contributed by atoms with Crippen molar-refractivity contribution >= 4 is 39.2 Å². The smallest absolute Gasteiger partial charge is 0.257 e. The first kappa shape index (κ1) is 13.8. The Kier molecular flexibility index (Phi) is 2.74. The average Bonchev–Trinajstić information content (AvgIpc) is 3.28. The van der Waals surface area contributed by atoms with Gasteiger partial charge in [0.25, 0.3) is 5.78 Å². The average molecular weight is 343 g/mol. The van der Waals surface area contributed by atoms with E-state index in [2.05, 4.69) is 26.2 Å². The summed E-state index contributed by atoms with van der Waals surface area (Å²) >= 11 is 1.47. The molecule has 1 aromatic carbocycles. The number of fused-ring (bicyclic) bond motifs is 5. The molecule has 0 aliphatic heterocycles. The maximum atomic E-state index is 9.60. The molecule has 2 N–H and O–H groups in total. The summed E-state index contributed by atoms with van der Waals surface area (Å²) in [5.41, 5.74) is 2.88. The van der Waals surface area contributed by atoms with Gasteiger partial charge >= 0.3 is 0 Å². The minimum atomic E-state index is 0.0438. The number of nitrogens with one attached hydrogen (secondary N) is 2. The molecule has 8 heteroatoms. The Hall–Kier alpha value is -3.57. The fourth-order valence-electron chi connectivity index (χ4n) is 2.98. The predicted octanol–water partition coefficient (Wildman–Crippen LogP) is 2.84. The highest BCUT2D eigenvalue weighted by atomic mass is 32.1. The molecule has 0 spiro atoms. The highest BCUT2D eigenvalue weighted by Crippen LogP contribution is 2.26. The number of para-hydroxylation sites is 1. The van der Waals surface area contributed by atoms with Crippen molar-refractivity contribution < 1.29 is 0 Å². The molecule has 5 aromatic rings. The molecule has 4 aromatic heterocycles. The standard InChI is InChI=1S/C17H9N7S/c18-8-10-13(12-6-3-7-25-12)21-17-23-22-14-9-4-1-2-5-11(9)20-16(14)24(17)15(10)19/h1-7,19-20H. The van der Waals surface area contributed by atoms with Crippen LogP contribution < -0.4 is 5.49 Å². The van der Waals surface area contributed by atoms with Gasteiger partial charge in [0.15, 0.2) is 5.49 Å². The summed E-state index contributed by atoms with van der Waals surface area (Å²) in [6.45, 7) is 0. The number of hydrogen-bond donors (Lipinski definition) is 2. The highest BCUT2D eigenvalue weighted by Gasteiger charge is 2.17. The zero-order valence-corrected chi connectivity index (χ0v) is 13.5. The second kappa shape index (κ2) is 4.96. The van der Waals surface area contributed by atoms with E-state index in [1.54, 1.807) is 0 Å². The van der Waals surface area contributed by atoms with Crippen molar-refractivity contribution in [1.29, 1.82) is 10.7 Å². The SMILES string of the molecule is N#Cc1c(-c2cccs2)nc2nnc3c4ccccc4[nH]c3n2c1=N. The highest BCUT2D eigenvalue weighted by molar-refractivity contribution is 7.13. The lowest BCUT2D eigenvalue weighted by Crippen LogP contribution is -2.21. The first-order valence-corrected chi connectivity index (χ1v) is 8.34. The van der Waals surface area contributed by atoms with E-state index in [0.29, 0.717) is 16.9 Å². The summed E-state index contributed by atoms with van der Waals surface area (Å²) in [7, 11) is 0. The van der Waals surface area contributed by atoms with Crippen molar-refractivity contribution in [3.05, 3.63) is 52.8 Å². The Morgan fingerprint density at radius 2 is 2.04 bits per heavy atom. The lowest BCUT2D eigenvalue weighted by molar-refractivity contribution is 0.918. The molecule has 0 amide bonds. The molecule has 0 aliphatic carbocycles. The molecule has 5 rings (SSSR count). The van der Waals surface area contributed by atoms with E-state index in [1.165, 1.54) is 15.7 Å². The maximum Gasteiger partial charge on any atom is 0.257 e. The van der Waals surface area contributed by atoms with Gasteiger partial charge in [-0.3, -0.25) is 5.41 Å². The van der Waals surface area contributed by atoms with Gasteiger partial charge < -0.3 is 4.98 Å². The lowest BCUT2D eigenvalue weighted by atomic mass is 10.2. The Labute approximate surface area is 144 Å². The molecule has 25 heavy (non-hydrogen) atoms. The van der Waals surface area contributed by atoms with Crippen LogP contribution in [0.2, 0.25) is 0 Å². The van der Waals surface area contributed by atoms with Crippen LogP contribution in [0.1, 0.15) is 5.56 Å². The van der Waals surface area contributed by atoms with E-state index < -0.39 is 0 Å². The molecular weight excluding hydrogens is 334 g/mol. The minimum absolute atomic E-state index is 0.0438. The summed E-state index contributed by atoms with van der Waals surface area (Å²) in [5, 5.41) is 29.5. The van der Waals surface area contributed by atoms with E-state index in [4.69, 9.17) is 5.41 Å². The normalized spacial score (nSPS) is 11.3. The van der Waals surface area contributed by atoms with Crippen molar-refractivity contribution in [2.24, 2.45) is 0 Å². The quantitative estimate of drug-likeness (QED) is 0.488. The number of rotatable bonds is 1. The zero-order chi connectivity index (χ0) is 17.0. The predicted molar refractivity (Wildman–Crippen MR) is 94.0 cm³/mol. The first-order valence-electron chi connectivity index (χ1n) is 7.46. The molecule has 0 radical (unpaired) electrons. The zero-order valence-electron chi connectivity index (χ0n) is 12.7. The molecule has 0 saturated carbocycles. The van der Waals surface area contributed by atoms with E-state index in [0.717, 1.165) is 15.8 Å². The monoisotopic (exact) mass is 343 g/mol. The van der Waals surface area contributed by atoms with Crippen molar-refractivity contribution in [2.45, 2.75) is 0 Å². The lowest BCUT2D eigenvalue weighted by Gasteiger charge is -2.06. The third-order valence-corrected chi connectivity index (χ3v) is 4.97. The Morgan fingerprint density at radius 3 is 2.84 bits per heavy atom. The molecule has 0 atom stereocenters. The van der Waals surface area contributed by atoms with Crippen LogP contribution in [0.5, 0.6) is 0 Å². The molecule has 0 unspecified atom stereocenters. The molecule has 0 saturated heterocycles. The Bertz CT molecular complexity index is 1370. The number of aromatic amines is 1. The molecule has 0 bridgehead atoms. The molecule has 0 fully saturated rings. The van der Waals surface area contributed by atoms with Gasteiger partial charge in [0, 0.05) is 10.9 Å². The van der Waals surface area contributed by atoms with Crippen LogP contribution in [0.25, 0.3) is 38.4 Å². The largest absolute Gasteiger partial charge is 0.339 e. The van der Waals surface area contributed by atoms with Crippen molar-refractivity contribution in [2.75, 3.05) is 0 Å². The van der Waals surface area contributed by atoms with Crippen molar-refractivity contribution in [3.63, 3.8) is 0 Å². The van der Waals surface area contributed by atoms with Crippen LogP contribution in [0.15, 0.2) is 41.8 Å². The molecule has 7 nitrogen and oxygen atoms in total. The molecule has 4 heterocycles. The second-order valence-electron chi connectivity index (χ2n) is 5.48. The molecule has 0 aliphatic rings. The third-order valence-electron chi connectivity index (χ3n) is 4.10. The Morgan fingerprint density at radius 1 is 1.16 bits per heavy atom. The first-order chi connectivity index (χ1) is 12.3. The van der Waals surface area contributed by atoms with Crippen LogP contribution in [-0.4, -0.2) is 24.6 Å². The number of nitrogens with zero attached hydrogens (tertiary/aromatic N) is 5. The van der Waals surface area contributed by atoms with E-state index in [-0.39, 0.29) is 16.8 Å². The van der Waals surface area contributed by atoms with E-state index in [9.17, 15) is 5.26 Å². The van der Waals surface area contributed by atoms with Crippen LogP contribution in [-0.2, 0) is 0 Å². The van der Waals surface area contributed by atoms with Gasteiger partial charge in [-0.25, -0.2) is 9.38 Å². The van der Waals surface area contributed by atoms with E-state index in [1.807, 2.05) is 41.8 Å². The number of thiophene rings is 1. The van der Waals surface area contributed by atoms with Gasteiger partial charge in [0.05, 0.1) is 4.88 Å². The number of nitriles is 1. The van der Waals surface area contributed by atoms with Gasteiger partial charge in [-0.05, 0) is 17.5 Å². The van der Waals surface area contributed by atoms with Crippen molar-refractivity contribution in [3.8, 4) is 16.6 Å². The summed E-state index contributed by atoms with van der Waals surface area (Å²) in [4.78, 5) is 8.59. The Balaban J connectivity index is 2.00. The van der Waals surface area contributed by atoms with Gasteiger partial charge in [0.1, 0.15) is 28.5 Å². The number of H-pyrrole nitrogens is 1. The van der Waals surface area contributed by atoms with Crippen LogP contribution in [0.4, 0.5) is 0 Å². The maximum absolute atomic E-state index is 9.60. The van der Waals surface area contributed by atoms with Crippen LogP contribution in [0, 0.1) is 16.7 Å². The summed E-state index contributed by atoms with van der Waals surface area (Å²) < 4.78 is 1.54. The summed E-state index contributed by atoms with van der Waals surface area (Å²) in [6, 6.07) is 13.6. The van der Waals surface area contributed by atoms with Crippen LogP contribution >= 0.6 is 11.3 Å². The fourth-order valence-corrected chi connectivity index (χ4v) is 3.70. The second-order valence-corrected chi connectivity index (χ2v) is 6.42. The number of hydrogen-bond acceptors (Lipinski definition) is 6. The summed E-state index contributed by atoms with van der Waals surface area (Å²) in [5.74, 6) is 0.284. The van der Waals surface area contributed by atoms with Crippen LogP contribution in [0.3, 0.4) is 0 Å². The van der Waals surface area contributed by atoms with Gasteiger partial charge in [-0.1, -0.05) is 24.3 Å². The number of benzene rings is 1.